The summed E-state index contributed by atoms with van der Waals surface area (Å²) in [5, 5.41) is 3.50. The molecule has 1 atom stereocenters. The summed E-state index contributed by atoms with van der Waals surface area (Å²) >= 11 is 3.64. The quantitative estimate of drug-likeness (QED) is 0.828. The Bertz CT molecular complexity index is 566. The second-order valence-electron chi connectivity index (χ2n) is 4.97. The van der Waals surface area contributed by atoms with E-state index in [0.29, 0.717) is 0 Å². The van der Waals surface area contributed by atoms with Gasteiger partial charge in [-0.3, -0.25) is 0 Å². The average Bonchev–Trinajstić information content (AvgIpc) is 2.41. The Balaban J connectivity index is 2.24. The lowest BCUT2D eigenvalue weighted by atomic mass is 9.98. The third-order valence-corrected chi connectivity index (χ3v) is 4.02. The zero-order valence-corrected chi connectivity index (χ0v) is 13.4. The number of aryl methyl sites for hydroxylation is 1. The summed E-state index contributed by atoms with van der Waals surface area (Å²) in [6.07, 6.45) is 0.843. The molecule has 2 rings (SSSR count). The number of rotatable bonds is 5. The van der Waals surface area contributed by atoms with Gasteiger partial charge in [-0.2, -0.15) is 0 Å². The summed E-state index contributed by atoms with van der Waals surface area (Å²) in [6, 6.07) is 13.4. The SMILES string of the molecule is CCNC(Cc1ccc(F)cc1)c1ccc(C)cc1Br. The van der Waals surface area contributed by atoms with Gasteiger partial charge in [-0.1, -0.05) is 47.1 Å². The zero-order chi connectivity index (χ0) is 14.5. The van der Waals surface area contributed by atoms with E-state index in [4.69, 9.17) is 0 Å². The van der Waals surface area contributed by atoms with Crippen molar-refractivity contribution in [1.29, 1.82) is 0 Å². The fourth-order valence-electron chi connectivity index (χ4n) is 2.31. The van der Waals surface area contributed by atoms with E-state index in [1.165, 1.54) is 23.3 Å². The van der Waals surface area contributed by atoms with Crippen LogP contribution < -0.4 is 5.32 Å². The molecule has 106 valence electrons. The molecule has 0 aliphatic rings. The van der Waals surface area contributed by atoms with Crippen LogP contribution in [0.15, 0.2) is 46.9 Å². The molecule has 0 bridgehead atoms. The highest BCUT2D eigenvalue weighted by Gasteiger charge is 2.14. The molecular formula is C17H19BrFN. The third-order valence-electron chi connectivity index (χ3n) is 3.33. The summed E-state index contributed by atoms with van der Waals surface area (Å²) < 4.78 is 14.1. The maximum atomic E-state index is 13.0. The van der Waals surface area contributed by atoms with Gasteiger partial charge in [0.1, 0.15) is 5.82 Å². The minimum Gasteiger partial charge on any atom is -0.310 e. The summed E-state index contributed by atoms with van der Waals surface area (Å²) in [5.74, 6) is -0.190. The van der Waals surface area contributed by atoms with Gasteiger partial charge in [-0.25, -0.2) is 4.39 Å². The van der Waals surface area contributed by atoms with Gasteiger partial charge in [0.2, 0.25) is 0 Å². The van der Waals surface area contributed by atoms with E-state index in [1.54, 1.807) is 0 Å². The van der Waals surface area contributed by atoms with Crippen molar-refractivity contribution in [3.05, 3.63) is 69.4 Å². The van der Waals surface area contributed by atoms with Gasteiger partial charge in [0.25, 0.3) is 0 Å². The smallest absolute Gasteiger partial charge is 0.123 e. The Morgan fingerprint density at radius 1 is 1.15 bits per heavy atom. The van der Waals surface area contributed by atoms with Gasteiger partial charge < -0.3 is 5.32 Å². The van der Waals surface area contributed by atoms with E-state index >= 15 is 0 Å². The van der Waals surface area contributed by atoms with E-state index < -0.39 is 0 Å². The maximum Gasteiger partial charge on any atom is 0.123 e. The first-order valence-corrected chi connectivity index (χ1v) is 7.63. The van der Waals surface area contributed by atoms with Crippen molar-refractivity contribution in [3.63, 3.8) is 0 Å². The molecule has 0 amide bonds. The molecule has 1 unspecified atom stereocenters. The third kappa shape index (κ3) is 3.90. The molecule has 2 aromatic rings. The van der Waals surface area contributed by atoms with E-state index in [-0.39, 0.29) is 11.9 Å². The van der Waals surface area contributed by atoms with Crippen LogP contribution in [0.2, 0.25) is 0 Å². The van der Waals surface area contributed by atoms with Crippen LogP contribution >= 0.6 is 15.9 Å². The lowest BCUT2D eigenvalue weighted by molar-refractivity contribution is 0.547. The molecule has 0 aromatic heterocycles. The number of nitrogens with one attached hydrogen (secondary N) is 1. The summed E-state index contributed by atoms with van der Waals surface area (Å²) in [6.45, 7) is 5.07. The van der Waals surface area contributed by atoms with Crippen molar-refractivity contribution in [2.45, 2.75) is 26.3 Å². The second-order valence-corrected chi connectivity index (χ2v) is 5.82. The molecule has 0 aliphatic heterocycles. The van der Waals surface area contributed by atoms with Crippen LogP contribution in [0.4, 0.5) is 4.39 Å². The Morgan fingerprint density at radius 2 is 1.85 bits per heavy atom. The van der Waals surface area contributed by atoms with Crippen molar-refractivity contribution >= 4 is 15.9 Å². The maximum absolute atomic E-state index is 13.0. The lowest BCUT2D eigenvalue weighted by Gasteiger charge is -2.20. The van der Waals surface area contributed by atoms with Crippen molar-refractivity contribution in [1.82, 2.24) is 5.32 Å². The molecule has 0 saturated carbocycles. The molecule has 2 aromatic carbocycles. The molecule has 1 N–H and O–H groups in total. The van der Waals surface area contributed by atoms with Crippen LogP contribution in [0.5, 0.6) is 0 Å². The Morgan fingerprint density at radius 3 is 2.45 bits per heavy atom. The highest BCUT2D eigenvalue weighted by Crippen LogP contribution is 2.27. The lowest BCUT2D eigenvalue weighted by Crippen LogP contribution is -2.23. The van der Waals surface area contributed by atoms with E-state index in [1.807, 2.05) is 12.1 Å². The van der Waals surface area contributed by atoms with Crippen LogP contribution in [0.25, 0.3) is 0 Å². The molecule has 1 nitrogen and oxygen atoms in total. The Kier molecular flexibility index (Phi) is 5.32. The van der Waals surface area contributed by atoms with E-state index in [2.05, 4.69) is 53.3 Å². The molecular weight excluding hydrogens is 317 g/mol. The summed E-state index contributed by atoms with van der Waals surface area (Å²) in [4.78, 5) is 0. The van der Waals surface area contributed by atoms with Gasteiger partial charge in [0.15, 0.2) is 0 Å². The van der Waals surface area contributed by atoms with E-state index in [0.717, 1.165) is 23.0 Å². The van der Waals surface area contributed by atoms with Crippen LogP contribution in [0.3, 0.4) is 0 Å². The van der Waals surface area contributed by atoms with Crippen molar-refractivity contribution in [2.75, 3.05) is 6.54 Å². The van der Waals surface area contributed by atoms with Crippen molar-refractivity contribution in [2.24, 2.45) is 0 Å². The molecule has 0 radical (unpaired) electrons. The highest BCUT2D eigenvalue weighted by molar-refractivity contribution is 9.10. The van der Waals surface area contributed by atoms with Gasteiger partial charge in [-0.05, 0) is 54.8 Å². The number of hydrogen-bond acceptors (Lipinski definition) is 1. The predicted molar refractivity (Wildman–Crippen MR) is 85.4 cm³/mol. The molecule has 0 saturated heterocycles. The molecule has 3 heteroatoms. The predicted octanol–water partition coefficient (Wildman–Crippen LogP) is 4.79. The minimum absolute atomic E-state index is 0.190. The molecule has 0 heterocycles. The monoisotopic (exact) mass is 335 g/mol. The minimum atomic E-state index is -0.190. The van der Waals surface area contributed by atoms with Gasteiger partial charge in [-0.15, -0.1) is 0 Å². The van der Waals surface area contributed by atoms with Crippen LogP contribution in [0.1, 0.15) is 29.7 Å². The van der Waals surface area contributed by atoms with Crippen LogP contribution in [0, 0.1) is 12.7 Å². The topological polar surface area (TPSA) is 12.0 Å². The van der Waals surface area contributed by atoms with Crippen LogP contribution in [-0.4, -0.2) is 6.54 Å². The highest BCUT2D eigenvalue weighted by atomic mass is 79.9. The molecule has 0 spiro atoms. The standard InChI is InChI=1S/C17H19BrFN/c1-3-20-17(11-13-5-7-14(19)8-6-13)15-9-4-12(2)10-16(15)18/h4-10,17,20H,3,11H2,1-2H3. The number of likely N-dealkylation sites (N-methyl/N-ethyl adjacent to an activating group) is 1. The summed E-state index contributed by atoms with van der Waals surface area (Å²) in [5.41, 5.74) is 3.60. The average molecular weight is 336 g/mol. The Hall–Kier alpha value is -1.19. The first-order chi connectivity index (χ1) is 9.60. The zero-order valence-electron chi connectivity index (χ0n) is 11.8. The molecule has 0 aliphatic carbocycles. The molecule has 0 fully saturated rings. The fraction of sp³-hybridized carbons (Fsp3) is 0.294. The van der Waals surface area contributed by atoms with Gasteiger partial charge in [0, 0.05) is 10.5 Å². The van der Waals surface area contributed by atoms with Crippen molar-refractivity contribution < 1.29 is 4.39 Å². The largest absolute Gasteiger partial charge is 0.310 e. The molecule has 20 heavy (non-hydrogen) atoms. The number of benzene rings is 2. The first kappa shape index (κ1) is 15.2. The van der Waals surface area contributed by atoms with Crippen LogP contribution in [-0.2, 0) is 6.42 Å². The number of hydrogen-bond donors (Lipinski definition) is 1. The van der Waals surface area contributed by atoms with E-state index in [9.17, 15) is 4.39 Å². The second kappa shape index (κ2) is 7.00. The van der Waals surface area contributed by atoms with Crippen molar-refractivity contribution in [3.8, 4) is 0 Å². The summed E-state index contributed by atoms with van der Waals surface area (Å²) in [7, 11) is 0. The first-order valence-electron chi connectivity index (χ1n) is 6.84. The van der Waals surface area contributed by atoms with Gasteiger partial charge in [0.05, 0.1) is 0 Å². The Labute approximate surface area is 128 Å². The van der Waals surface area contributed by atoms with Gasteiger partial charge >= 0.3 is 0 Å². The normalized spacial score (nSPS) is 12.4. The fourth-order valence-corrected chi connectivity index (χ4v) is 3.08. The number of halogens is 2.